The molecule has 0 saturated heterocycles. The van der Waals surface area contributed by atoms with Gasteiger partial charge in [0.2, 0.25) is 0 Å². The van der Waals surface area contributed by atoms with Gasteiger partial charge in [0, 0.05) is 64.4 Å². The van der Waals surface area contributed by atoms with E-state index in [2.05, 4.69) is 45.3 Å². The van der Waals surface area contributed by atoms with Crippen LogP contribution in [0.3, 0.4) is 0 Å². The molecule has 2 aromatic heterocycles. The third-order valence-corrected chi connectivity index (χ3v) is 5.95. The van der Waals surface area contributed by atoms with E-state index in [1.54, 1.807) is 0 Å². The molecule has 0 bridgehead atoms. The second-order valence-electron chi connectivity index (χ2n) is 7.57. The molecule has 2 aromatic carbocycles. The van der Waals surface area contributed by atoms with Crippen LogP contribution in [0.25, 0.3) is 27.4 Å². The van der Waals surface area contributed by atoms with Crippen molar-refractivity contribution in [3.63, 3.8) is 0 Å². The van der Waals surface area contributed by atoms with Crippen LogP contribution in [0.1, 0.15) is 18.4 Å². The summed E-state index contributed by atoms with van der Waals surface area (Å²) in [5.74, 6) is 0.961. The van der Waals surface area contributed by atoms with Crippen molar-refractivity contribution >= 4 is 39.0 Å². The van der Waals surface area contributed by atoms with E-state index in [0.29, 0.717) is 0 Å². The van der Waals surface area contributed by atoms with Crippen LogP contribution in [0.15, 0.2) is 60.9 Å². The maximum absolute atomic E-state index is 6.20. The molecule has 5 heteroatoms. The third kappa shape index (κ3) is 3.78. The summed E-state index contributed by atoms with van der Waals surface area (Å²) in [4.78, 5) is 9.08. The molecule has 0 aliphatic carbocycles. The van der Waals surface area contributed by atoms with Crippen LogP contribution < -0.4 is 4.74 Å². The number of nitrogens with zero attached hydrogens (tertiary/aromatic N) is 1. The number of aromatic nitrogens is 2. The Morgan fingerprint density at radius 2 is 1.97 bits per heavy atom. The van der Waals surface area contributed by atoms with Gasteiger partial charge in [-0.3, -0.25) is 4.90 Å². The molecule has 3 heterocycles. The van der Waals surface area contributed by atoms with Gasteiger partial charge < -0.3 is 14.7 Å². The van der Waals surface area contributed by atoms with Crippen molar-refractivity contribution in [3.05, 3.63) is 71.5 Å². The molecular weight excluding hydrogens is 382 g/mol. The highest BCUT2D eigenvalue weighted by Gasteiger charge is 2.15. The Hall–Kier alpha value is -2.69. The number of benzene rings is 2. The molecule has 5 rings (SSSR count). The SMILES string of the molecule is Clc1ccc2[nH]cc(C3=CCN(CCCOc4cccc5[nH]ccc45)CC3)c2c1. The summed E-state index contributed by atoms with van der Waals surface area (Å²) < 4.78 is 6.03. The van der Waals surface area contributed by atoms with Crippen LogP contribution in [-0.2, 0) is 0 Å². The molecule has 0 saturated carbocycles. The quantitative estimate of drug-likeness (QED) is 0.394. The van der Waals surface area contributed by atoms with Crippen molar-refractivity contribution in [1.29, 1.82) is 0 Å². The molecule has 0 radical (unpaired) electrons. The van der Waals surface area contributed by atoms with Crippen LogP contribution in [0, 0.1) is 0 Å². The molecule has 1 aliphatic heterocycles. The van der Waals surface area contributed by atoms with Crippen molar-refractivity contribution in [2.75, 3.05) is 26.2 Å². The molecule has 4 nitrogen and oxygen atoms in total. The Balaban J connectivity index is 1.16. The third-order valence-electron chi connectivity index (χ3n) is 5.71. The predicted molar refractivity (Wildman–Crippen MR) is 121 cm³/mol. The lowest BCUT2D eigenvalue weighted by molar-refractivity contribution is 0.250. The van der Waals surface area contributed by atoms with E-state index >= 15 is 0 Å². The molecule has 0 spiro atoms. The normalized spacial score (nSPS) is 15.1. The average Bonchev–Trinajstić information content (AvgIpc) is 3.39. The standard InChI is InChI=1S/C24H24ClN3O/c25-18-5-6-23-20(15-18)21(16-27-23)17-8-12-28(13-9-17)11-2-14-29-24-4-1-3-22-19(24)7-10-26-22/h1,3-8,10,15-16,26-27H,2,9,11-14H2. The fraction of sp³-hybridized carbons (Fsp3) is 0.250. The zero-order valence-electron chi connectivity index (χ0n) is 16.2. The first-order chi connectivity index (χ1) is 14.3. The molecule has 0 fully saturated rings. The molecule has 29 heavy (non-hydrogen) atoms. The van der Waals surface area contributed by atoms with Crippen LogP contribution in [0.5, 0.6) is 5.75 Å². The van der Waals surface area contributed by atoms with Crippen LogP contribution in [-0.4, -0.2) is 41.1 Å². The van der Waals surface area contributed by atoms with Crippen molar-refractivity contribution in [2.45, 2.75) is 12.8 Å². The summed E-state index contributed by atoms with van der Waals surface area (Å²) in [5, 5.41) is 3.15. The summed E-state index contributed by atoms with van der Waals surface area (Å²) in [6.07, 6.45) is 8.50. The van der Waals surface area contributed by atoms with Crippen LogP contribution in [0.4, 0.5) is 0 Å². The van der Waals surface area contributed by atoms with Gasteiger partial charge in [-0.05, 0) is 54.8 Å². The lowest BCUT2D eigenvalue weighted by Crippen LogP contribution is -2.30. The Bertz CT molecular complexity index is 1170. The van der Waals surface area contributed by atoms with Crippen molar-refractivity contribution in [1.82, 2.24) is 14.9 Å². The minimum atomic E-state index is 0.734. The van der Waals surface area contributed by atoms with Crippen LogP contribution in [0.2, 0.25) is 5.02 Å². The number of rotatable bonds is 6. The fourth-order valence-electron chi connectivity index (χ4n) is 4.17. The number of nitrogens with one attached hydrogen (secondary N) is 2. The molecule has 0 atom stereocenters. The zero-order chi connectivity index (χ0) is 19.6. The zero-order valence-corrected chi connectivity index (χ0v) is 17.0. The first-order valence-electron chi connectivity index (χ1n) is 10.2. The molecule has 2 N–H and O–H groups in total. The van der Waals surface area contributed by atoms with Gasteiger partial charge in [-0.15, -0.1) is 0 Å². The van der Waals surface area contributed by atoms with Gasteiger partial charge in [-0.2, -0.15) is 0 Å². The van der Waals surface area contributed by atoms with Gasteiger partial charge in [0.1, 0.15) is 5.75 Å². The number of halogens is 1. The highest BCUT2D eigenvalue weighted by molar-refractivity contribution is 6.31. The monoisotopic (exact) mass is 405 g/mol. The number of aromatic amines is 2. The van der Waals surface area contributed by atoms with Crippen molar-refractivity contribution in [2.24, 2.45) is 0 Å². The van der Waals surface area contributed by atoms with Gasteiger partial charge in [-0.25, -0.2) is 0 Å². The summed E-state index contributed by atoms with van der Waals surface area (Å²) in [6.45, 7) is 3.84. The Morgan fingerprint density at radius 1 is 1.03 bits per heavy atom. The van der Waals surface area contributed by atoms with Gasteiger partial charge >= 0.3 is 0 Å². The number of H-pyrrole nitrogens is 2. The number of ether oxygens (including phenoxy) is 1. The average molecular weight is 406 g/mol. The number of hydrogen-bond donors (Lipinski definition) is 2. The molecule has 4 aromatic rings. The van der Waals surface area contributed by atoms with Crippen molar-refractivity contribution < 1.29 is 4.74 Å². The Labute approximate surface area is 175 Å². The predicted octanol–water partition coefficient (Wildman–Crippen LogP) is 5.86. The van der Waals surface area contributed by atoms with Crippen LogP contribution >= 0.6 is 11.6 Å². The van der Waals surface area contributed by atoms with E-state index in [9.17, 15) is 0 Å². The molecule has 0 amide bonds. The number of fused-ring (bicyclic) bond motifs is 2. The van der Waals surface area contributed by atoms with E-state index in [1.165, 1.54) is 16.5 Å². The molecule has 1 aliphatic rings. The lowest BCUT2D eigenvalue weighted by Gasteiger charge is -2.26. The molecular formula is C24H24ClN3O. The molecule has 0 unspecified atom stereocenters. The Morgan fingerprint density at radius 3 is 2.86 bits per heavy atom. The van der Waals surface area contributed by atoms with E-state index < -0.39 is 0 Å². The van der Waals surface area contributed by atoms with Gasteiger partial charge in [-0.1, -0.05) is 23.7 Å². The number of hydrogen-bond acceptors (Lipinski definition) is 2. The highest BCUT2D eigenvalue weighted by atomic mass is 35.5. The Kier molecular flexibility index (Phi) is 5.04. The van der Waals surface area contributed by atoms with E-state index in [1.807, 2.05) is 30.5 Å². The molecule has 148 valence electrons. The minimum Gasteiger partial charge on any atom is -0.493 e. The largest absolute Gasteiger partial charge is 0.493 e. The summed E-state index contributed by atoms with van der Waals surface area (Å²) in [7, 11) is 0. The summed E-state index contributed by atoms with van der Waals surface area (Å²) in [5.41, 5.74) is 4.95. The first kappa shape index (κ1) is 18.3. The maximum atomic E-state index is 6.20. The van der Waals surface area contributed by atoms with Gasteiger partial charge in [0.25, 0.3) is 0 Å². The fourth-order valence-corrected chi connectivity index (χ4v) is 4.34. The van der Waals surface area contributed by atoms with Gasteiger partial charge in [0.05, 0.1) is 6.61 Å². The van der Waals surface area contributed by atoms with E-state index in [0.717, 1.165) is 66.3 Å². The maximum Gasteiger partial charge on any atom is 0.128 e. The second kappa shape index (κ2) is 7.97. The highest BCUT2D eigenvalue weighted by Crippen LogP contribution is 2.31. The van der Waals surface area contributed by atoms with Gasteiger partial charge in [0.15, 0.2) is 0 Å². The topological polar surface area (TPSA) is 44.0 Å². The summed E-state index contributed by atoms with van der Waals surface area (Å²) >= 11 is 6.20. The first-order valence-corrected chi connectivity index (χ1v) is 10.5. The van der Waals surface area contributed by atoms with E-state index in [4.69, 9.17) is 16.3 Å². The lowest BCUT2D eigenvalue weighted by atomic mass is 9.99. The minimum absolute atomic E-state index is 0.734. The van der Waals surface area contributed by atoms with Crippen molar-refractivity contribution in [3.8, 4) is 5.75 Å². The summed E-state index contributed by atoms with van der Waals surface area (Å²) in [6, 6.07) is 14.2. The van der Waals surface area contributed by atoms with E-state index in [-0.39, 0.29) is 0 Å². The smallest absolute Gasteiger partial charge is 0.128 e. The second-order valence-corrected chi connectivity index (χ2v) is 8.01.